The van der Waals surface area contributed by atoms with Crippen LogP contribution >= 0.6 is 0 Å². The third-order valence-corrected chi connectivity index (χ3v) is 6.17. The van der Waals surface area contributed by atoms with Crippen LogP contribution < -0.4 is 5.73 Å². The molecule has 0 bridgehead atoms. The van der Waals surface area contributed by atoms with E-state index in [9.17, 15) is 60.7 Å². The summed E-state index contributed by atoms with van der Waals surface area (Å²) in [4.78, 5) is 59.9. The summed E-state index contributed by atoms with van der Waals surface area (Å²) in [7, 11) is 0. The van der Waals surface area contributed by atoms with E-state index in [2.05, 4.69) is 33.8 Å². The molecule has 1 heterocycles. The van der Waals surface area contributed by atoms with Gasteiger partial charge in [-0.15, -0.1) is 0 Å². The number of aromatic hydroxyl groups is 2. The van der Waals surface area contributed by atoms with Gasteiger partial charge in [-0.1, -0.05) is 30.3 Å². The first kappa shape index (κ1) is 38.0. The highest BCUT2D eigenvalue weighted by molar-refractivity contribution is 5.65. The monoisotopic (exact) mass is 687 g/mol. The van der Waals surface area contributed by atoms with Crippen LogP contribution in [0.1, 0.15) is 24.2 Å². The number of aromatic nitrogens is 2. The molecule has 4 N–H and O–H groups in total. The first-order valence-corrected chi connectivity index (χ1v) is 13.4. The summed E-state index contributed by atoms with van der Waals surface area (Å²) >= 11 is 0. The van der Waals surface area contributed by atoms with Crippen LogP contribution in [0.4, 0.5) is 34.1 Å². The van der Waals surface area contributed by atoms with E-state index in [4.69, 9.17) is 15.9 Å². The Morgan fingerprint density at radius 1 is 0.633 bits per heavy atom. The summed E-state index contributed by atoms with van der Waals surface area (Å²) in [5, 5.41) is 80.4. The van der Waals surface area contributed by atoms with E-state index in [-0.39, 0.29) is 0 Å². The summed E-state index contributed by atoms with van der Waals surface area (Å²) in [5.41, 5.74) is 0.809. The molecule has 23 heteroatoms. The van der Waals surface area contributed by atoms with Crippen molar-refractivity contribution >= 4 is 34.1 Å². The molecule has 0 unspecified atom stereocenters. The van der Waals surface area contributed by atoms with Crippen molar-refractivity contribution in [2.24, 2.45) is 5.73 Å². The number of nitrogens with two attached hydrogens (primary N) is 1. The highest BCUT2D eigenvalue weighted by Gasteiger charge is 2.31. The Labute approximate surface area is 272 Å². The molecule has 0 spiro atoms. The van der Waals surface area contributed by atoms with Gasteiger partial charge in [-0.3, -0.25) is 60.7 Å². The SMILES string of the molecule is NCCCCc1nccn1Cc1ccccc1.O=[N+]([O-])c1cc([N+](=O)[O-])c(O)c([N+](=O)[O-])c1.O=[N+]([O-])c1cc([N+](=O)[O-])c(O)c([N+](=O)[O-])c1. The molecule has 4 aromatic rings. The lowest BCUT2D eigenvalue weighted by Gasteiger charge is -2.07. The van der Waals surface area contributed by atoms with Gasteiger partial charge in [0.25, 0.3) is 22.9 Å². The maximum absolute atomic E-state index is 10.4. The zero-order chi connectivity index (χ0) is 36.8. The summed E-state index contributed by atoms with van der Waals surface area (Å²) in [6.07, 6.45) is 7.11. The average Bonchev–Trinajstić information content (AvgIpc) is 3.48. The van der Waals surface area contributed by atoms with E-state index < -0.39 is 75.2 Å². The largest absolute Gasteiger partial charge is 0.497 e. The van der Waals surface area contributed by atoms with Crippen LogP contribution in [0.5, 0.6) is 11.5 Å². The molecule has 0 atom stereocenters. The van der Waals surface area contributed by atoms with E-state index in [1.165, 1.54) is 5.56 Å². The number of imidazole rings is 1. The number of nitro benzene ring substituents is 6. The van der Waals surface area contributed by atoms with Crippen molar-refractivity contribution in [3.8, 4) is 11.5 Å². The van der Waals surface area contributed by atoms with Crippen molar-refractivity contribution in [2.45, 2.75) is 25.8 Å². The Hall–Kier alpha value is -7.17. The van der Waals surface area contributed by atoms with Crippen molar-refractivity contribution in [1.82, 2.24) is 9.55 Å². The molecule has 0 saturated heterocycles. The van der Waals surface area contributed by atoms with Gasteiger partial charge in [0.2, 0.25) is 0 Å². The van der Waals surface area contributed by atoms with Crippen LogP contribution in [0, 0.1) is 60.7 Å². The predicted molar refractivity (Wildman–Crippen MR) is 166 cm³/mol. The minimum atomic E-state index is -1.21. The number of phenols is 2. The van der Waals surface area contributed by atoms with Gasteiger partial charge < -0.3 is 20.5 Å². The minimum Gasteiger partial charge on any atom is -0.497 e. The number of nitro groups is 6. The van der Waals surface area contributed by atoms with Gasteiger partial charge in [0.1, 0.15) is 5.82 Å². The standard InChI is InChI=1S/C14H19N3.2C6H3N3O7/c15-9-5-4-8-14-16-10-11-17(14)12-13-6-2-1-3-7-13;2*10-6-4(8(13)14)1-3(7(11)12)2-5(6)9(15)16/h1-3,6-7,10-11H,4-5,8-9,12,15H2;2*1-2,10H. The highest BCUT2D eigenvalue weighted by Crippen LogP contribution is 2.40. The summed E-state index contributed by atoms with van der Waals surface area (Å²) < 4.78 is 2.21. The van der Waals surface area contributed by atoms with Gasteiger partial charge in [-0.25, -0.2) is 4.98 Å². The molecular formula is C26H25N9O14. The zero-order valence-corrected chi connectivity index (χ0v) is 24.8. The van der Waals surface area contributed by atoms with Gasteiger partial charge in [-0.05, 0) is 24.9 Å². The minimum absolute atomic E-state index is 0.447. The van der Waals surface area contributed by atoms with Crippen molar-refractivity contribution in [3.63, 3.8) is 0 Å². The second-order valence-corrected chi connectivity index (χ2v) is 9.41. The molecule has 1 aromatic heterocycles. The van der Waals surface area contributed by atoms with Crippen LogP contribution in [-0.2, 0) is 13.0 Å². The van der Waals surface area contributed by atoms with E-state index in [1.807, 2.05) is 18.5 Å². The van der Waals surface area contributed by atoms with Gasteiger partial charge in [0.05, 0.1) is 53.8 Å². The molecule has 258 valence electrons. The Morgan fingerprint density at radius 3 is 1.39 bits per heavy atom. The predicted octanol–water partition coefficient (Wildman–Crippen LogP) is 4.45. The number of non-ortho nitro benzene ring substituents is 2. The second kappa shape index (κ2) is 17.5. The average molecular weight is 688 g/mol. The summed E-state index contributed by atoms with van der Waals surface area (Å²) in [5.74, 6) is -1.26. The van der Waals surface area contributed by atoms with Crippen molar-refractivity contribution in [3.05, 3.63) is 139 Å². The molecule has 4 rings (SSSR count). The van der Waals surface area contributed by atoms with E-state index in [0.29, 0.717) is 24.3 Å². The normalized spacial score (nSPS) is 10.1. The zero-order valence-electron chi connectivity index (χ0n) is 24.8. The lowest BCUT2D eigenvalue weighted by atomic mass is 10.2. The Bertz CT molecular complexity index is 1700. The number of benzene rings is 3. The van der Waals surface area contributed by atoms with E-state index in [1.54, 1.807) is 0 Å². The quantitative estimate of drug-likeness (QED) is 0.105. The Morgan fingerprint density at radius 2 is 1.04 bits per heavy atom. The summed E-state index contributed by atoms with van der Waals surface area (Å²) in [6.45, 7) is 1.66. The molecule has 0 aliphatic heterocycles. The van der Waals surface area contributed by atoms with Crippen LogP contribution in [0.2, 0.25) is 0 Å². The lowest BCUT2D eigenvalue weighted by Crippen LogP contribution is -2.06. The first-order valence-electron chi connectivity index (χ1n) is 13.4. The molecule has 49 heavy (non-hydrogen) atoms. The van der Waals surface area contributed by atoms with Gasteiger partial charge in [0, 0.05) is 25.4 Å². The molecule has 0 amide bonds. The third kappa shape index (κ3) is 10.7. The van der Waals surface area contributed by atoms with Gasteiger partial charge in [0.15, 0.2) is 0 Å². The molecule has 0 aliphatic rings. The number of hydrogen-bond donors (Lipinski definition) is 3. The van der Waals surface area contributed by atoms with Crippen molar-refractivity contribution < 1.29 is 39.8 Å². The third-order valence-electron chi connectivity index (χ3n) is 6.17. The Kier molecular flexibility index (Phi) is 13.6. The van der Waals surface area contributed by atoms with Crippen LogP contribution in [-0.4, -0.2) is 55.8 Å². The van der Waals surface area contributed by atoms with Gasteiger partial charge in [-0.2, -0.15) is 0 Å². The number of rotatable bonds is 12. The smallest absolute Gasteiger partial charge is 0.324 e. The fourth-order valence-electron chi connectivity index (χ4n) is 3.87. The van der Waals surface area contributed by atoms with Gasteiger partial charge >= 0.3 is 22.7 Å². The highest BCUT2D eigenvalue weighted by atomic mass is 16.7. The summed E-state index contributed by atoms with van der Waals surface area (Å²) in [6, 6.07) is 12.3. The van der Waals surface area contributed by atoms with Crippen LogP contribution in [0.15, 0.2) is 67.0 Å². The van der Waals surface area contributed by atoms with Crippen LogP contribution in [0.3, 0.4) is 0 Å². The fourth-order valence-corrected chi connectivity index (χ4v) is 3.87. The lowest BCUT2D eigenvalue weighted by molar-refractivity contribution is -0.404. The number of unbranched alkanes of at least 4 members (excludes halogenated alkanes) is 1. The maximum atomic E-state index is 10.4. The number of hydrogen-bond acceptors (Lipinski definition) is 16. The maximum Gasteiger partial charge on any atom is 0.324 e. The number of phenolic OH excluding ortho intramolecular Hbond substituents is 2. The number of aryl methyl sites for hydroxylation is 1. The molecular weight excluding hydrogens is 662 g/mol. The topological polar surface area (TPSA) is 343 Å². The fraction of sp³-hybridized carbons (Fsp3) is 0.192. The number of nitrogens with zero attached hydrogens (tertiary/aromatic N) is 8. The molecule has 0 fully saturated rings. The van der Waals surface area contributed by atoms with Crippen molar-refractivity contribution in [1.29, 1.82) is 0 Å². The first-order chi connectivity index (χ1) is 23.1. The van der Waals surface area contributed by atoms with E-state index >= 15 is 0 Å². The van der Waals surface area contributed by atoms with Crippen LogP contribution in [0.25, 0.3) is 0 Å². The second-order valence-electron chi connectivity index (χ2n) is 9.41. The van der Waals surface area contributed by atoms with E-state index in [0.717, 1.165) is 38.2 Å². The Balaban J connectivity index is 0.000000255. The molecule has 3 aromatic carbocycles. The molecule has 0 aliphatic carbocycles. The van der Waals surface area contributed by atoms with Crippen molar-refractivity contribution in [2.75, 3.05) is 6.54 Å². The molecule has 0 radical (unpaired) electrons. The molecule has 23 nitrogen and oxygen atoms in total. The molecule has 0 saturated carbocycles.